The van der Waals surface area contributed by atoms with Gasteiger partial charge in [0.15, 0.2) is 0 Å². The van der Waals surface area contributed by atoms with Gasteiger partial charge in [0.05, 0.1) is 18.4 Å². The first-order valence-corrected chi connectivity index (χ1v) is 10.0. The van der Waals surface area contributed by atoms with Crippen LogP contribution in [0.15, 0.2) is 12.2 Å². The second-order valence-electron chi connectivity index (χ2n) is 7.37. The predicted octanol–water partition coefficient (Wildman–Crippen LogP) is 5.06. The maximum atomic E-state index is 12.6. The first-order valence-electron chi connectivity index (χ1n) is 10.0. The molecule has 0 N–H and O–H groups in total. The van der Waals surface area contributed by atoms with Gasteiger partial charge in [-0.15, -0.1) is 0 Å². The molecule has 0 aromatic carbocycles. The third kappa shape index (κ3) is 7.62. The maximum Gasteiger partial charge on any atom is 0.310 e. The van der Waals surface area contributed by atoms with Crippen LogP contribution in [0.2, 0.25) is 0 Å². The first-order chi connectivity index (χ1) is 12.0. The Labute approximate surface area is 153 Å². The summed E-state index contributed by atoms with van der Waals surface area (Å²) in [4.78, 5) is 25.0. The number of rotatable bonds is 11. The van der Waals surface area contributed by atoms with Crippen LogP contribution in [-0.4, -0.2) is 24.6 Å². The number of allylic oxidation sites excluding steroid dienone is 2. The molecular formula is C21H36O4. The molecule has 0 bridgehead atoms. The second kappa shape index (κ2) is 12.1. The van der Waals surface area contributed by atoms with Gasteiger partial charge in [-0.2, -0.15) is 0 Å². The molecule has 3 atom stereocenters. The molecule has 4 nitrogen and oxygen atoms in total. The Morgan fingerprint density at radius 3 is 2.12 bits per heavy atom. The molecule has 3 unspecified atom stereocenters. The van der Waals surface area contributed by atoms with Crippen LogP contribution in [0, 0.1) is 17.8 Å². The molecule has 1 rings (SSSR count). The molecular weight excluding hydrogens is 316 g/mol. The van der Waals surface area contributed by atoms with Crippen molar-refractivity contribution in [2.45, 2.75) is 85.2 Å². The summed E-state index contributed by atoms with van der Waals surface area (Å²) in [5.74, 6) is -1.04. The zero-order chi connectivity index (χ0) is 18.7. The van der Waals surface area contributed by atoms with E-state index in [9.17, 15) is 9.59 Å². The molecule has 0 spiro atoms. The fourth-order valence-electron chi connectivity index (χ4n) is 3.25. The molecule has 0 amide bonds. The van der Waals surface area contributed by atoms with E-state index < -0.39 is 11.8 Å². The molecule has 0 aliphatic heterocycles. The summed E-state index contributed by atoms with van der Waals surface area (Å²) in [5.41, 5.74) is 0. The van der Waals surface area contributed by atoms with E-state index in [1.54, 1.807) is 0 Å². The number of ether oxygens (including phenoxy) is 2. The Balaban J connectivity index is 2.50. The molecule has 25 heavy (non-hydrogen) atoms. The quantitative estimate of drug-likeness (QED) is 0.296. The number of esters is 2. The number of hydrogen-bond acceptors (Lipinski definition) is 4. The summed E-state index contributed by atoms with van der Waals surface area (Å²) in [6.45, 7) is 8.74. The smallest absolute Gasteiger partial charge is 0.310 e. The maximum absolute atomic E-state index is 12.6. The fourth-order valence-corrected chi connectivity index (χ4v) is 3.25. The van der Waals surface area contributed by atoms with Gasteiger partial charge < -0.3 is 9.47 Å². The normalized spacial score (nSPS) is 21.2. The molecule has 0 heterocycles. The minimum atomic E-state index is -0.412. The molecule has 0 fully saturated rings. The molecule has 0 aromatic heterocycles. The van der Waals surface area contributed by atoms with E-state index in [1.807, 2.05) is 32.9 Å². The Morgan fingerprint density at radius 1 is 0.960 bits per heavy atom. The zero-order valence-electron chi connectivity index (χ0n) is 16.5. The number of hydrogen-bond donors (Lipinski definition) is 0. The molecule has 1 aliphatic rings. The van der Waals surface area contributed by atoms with Gasteiger partial charge in [0.2, 0.25) is 0 Å². The van der Waals surface area contributed by atoms with Gasteiger partial charge in [0.25, 0.3) is 0 Å². The minimum absolute atomic E-state index is 0.0892. The van der Waals surface area contributed by atoms with Gasteiger partial charge in [0, 0.05) is 0 Å². The van der Waals surface area contributed by atoms with Gasteiger partial charge >= 0.3 is 11.9 Å². The van der Waals surface area contributed by atoms with E-state index in [0.29, 0.717) is 19.4 Å². The lowest BCUT2D eigenvalue weighted by molar-refractivity contribution is -0.166. The van der Waals surface area contributed by atoms with Crippen molar-refractivity contribution in [3.05, 3.63) is 12.2 Å². The highest BCUT2D eigenvalue weighted by atomic mass is 16.5. The van der Waals surface area contributed by atoms with Gasteiger partial charge in [-0.25, -0.2) is 0 Å². The molecule has 4 heteroatoms. The van der Waals surface area contributed by atoms with Crippen LogP contribution >= 0.6 is 0 Å². The summed E-state index contributed by atoms with van der Waals surface area (Å²) < 4.78 is 11.1. The average molecular weight is 353 g/mol. The molecule has 144 valence electrons. The summed E-state index contributed by atoms with van der Waals surface area (Å²) in [5, 5.41) is 0. The zero-order valence-corrected chi connectivity index (χ0v) is 16.5. The van der Waals surface area contributed by atoms with E-state index >= 15 is 0 Å². The van der Waals surface area contributed by atoms with Crippen LogP contribution < -0.4 is 0 Å². The van der Waals surface area contributed by atoms with Crippen LogP contribution in [0.25, 0.3) is 0 Å². The summed E-state index contributed by atoms with van der Waals surface area (Å²) in [6.07, 6.45) is 11.4. The lowest BCUT2D eigenvalue weighted by Crippen LogP contribution is -2.36. The SMILES string of the molecule is CCCCCCCOC(=O)C1CC=CCC1C(=O)OC(CC)C(C)C. The number of carbonyl (C=O) groups is 2. The third-order valence-electron chi connectivity index (χ3n) is 4.94. The molecule has 1 aliphatic carbocycles. The summed E-state index contributed by atoms with van der Waals surface area (Å²) in [7, 11) is 0. The van der Waals surface area contributed by atoms with Crippen molar-refractivity contribution in [1.82, 2.24) is 0 Å². The third-order valence-corrected chi connectivity index (χ3v) is 4.94. The lowest BCUT2D eigenvalue weighted by Gasteiger charge is -2.28. The second-order valence-corrected chi connectivity index (χ2v) is 7.37. The van der Waals surface area contributed by atoms with E-state index in [2.05, 4.69) is 6.92 Å². The first kappa shape index (κ1) is 21.7. The highest BCUT2D eigenvalue weighted by molar-refractivity contribution is 5.82. The highest BCUT2D eigenvalue weighted by Gasteiger charge is 2.37. The van der Waals surface area contributed by atoms with Crippen LogP contribution in [0.1, 0.15) is 79.1 Å². The van der Waals surface area contributed by atoms with Gasteiger partial charge in [0.1, 0.15) is 6.10 Å². The van der Waals surface area contributed by atoms with Crippen LogP contribution in [0.5, 0.6) is 0 Å². The van der Waals surface area contributed by atoms with Crippen molar-refractivity contribution < 1.29 is 19.1 Å². The Morgan fingerprint density at radius 2 is 1.56 bits per heavy atom. The summed E-state index contributed by atoms with van der Waals surface area (Å²) >= 11 is 0. The van der Waals surface area contributed by atoms with Crippen LogP contribution in [0.4, 0.5) is 0 Å². The van der Waals surface area contributed by atoms with Crippen molar-refractivity contribution in [2.24, 2.45) is 17.8 Å². The standard InChI is InChI=1S/C21H36O4/c1-5-7-8-9-12-15-24-20(22)17-13-10-11-14-18(17)21(23)25-19(6-2)16(3)4/h10-11,16-19H,5-9,12-15H2,1-4H3. The van der Waals surface area contributed by atoms with Crippen molar-refractivity contribution >= 4 is 11.9 Å². The number of unbranched alkanes of at least 4 members (excludes halogenated alkanes) is 4. The molecule has 0 radical (unpaired) electrons. The monoisotopic (exact) mass is 352 g/mol. The molecule has 0 aromatic rings. The average Bonchev–Trinajstić information content (AvgIpc) is 2.61. The largest absolute Gasteiger partial charge is 0.465 e. The van der Waals surface area contributed by atoms with Crippen molar-refractivity contribution in [3.8, 4) is 0 Å². The van der Waals surface area contributed by atoms with E-state index in [-0.39, 0.29) is 24.0 Å². The van der Waals surface area contributed by atoms with E-state index in [0.717, 1.165) is 19.3 Å². The number of carbonyl (C=O) groups excluding carboxylic acids is 2. The topological polar surface area (TPSA) is 52.6 Å². The van der Waals surface area contributed by atoms with E-state index in [4.69, 9.17) is 9.47 Å². The van der Waals surface area contributed by atoms with Gasteiger partial charge in [-0.1, -0.05) is 65.5 Å². The molecule has 0 saturated carbocycles. The Hall–Kier alpha value is -1.32. The van der Waals surface area contributed by atoms with Crippen LogP contribution in [-0.2, 0) is 19.1 Å². The fraction of sp³-hybridized carbons (Fsp3) is 0.810. The molecule has 0 saturated heterocycles. The lowest BCUT2D eigenvalue weighted by atomic mass is 9.83. The van der Waals surface area contributed by atoms with Gasteiger partial charge in [-0.3, -0.25) is 9.59 Å². The highest BCUT2D eigenvalue weighted by Crippen LogP contribution is 2.29. The summed E-state index contributed by atoms with van der Waals surface area (Å²) in [6, 6.07) is 0. The van der Waals surface area contributed by atoms with Gasteiger partial charge in [-0.05, 0) is 31.6 Å². The van der Waals surface area contributed by atoms with Crippen molar-refractivity contribution in [3.63, 3.8) is 0 Å². The Kier molecular flexibility index (Phi) is 10.5. The Bertz CT molecular complexity index is 428. The van der Waals surface area contributed by atoms with Crippen molar-refractivity contribution in [2.75, 3.05) is 6.61 Å². The minimum Gasteiger partial charge on any atom is -0.465 e. The van der Waals surface area contributed by atoms with Crippen molar-refractivity contribution in [1.29, 1.82) is 0 Å². The van der Waals surface area contributed by atoms with E-state index in [1.165, 1.54) is 19.3 Å². The predicted molar refractivity (Wildman–Crippen MR) is 100 cm³/mol. The van der Waals surface area contributed by atoms with Crippen LogP contribution in [0.3, 0.4) is 0 Å².